The van der Waals surface area contributed by atoms with Crippen molar-refractivity contribution in [1.82, 2.24) is 9.47 Å². The standard InChI is InChI=1S/C17H22N2O2/c1-11-14(5-6-17(20)21-4)15-7-12-9-18(2)10-13(12)8-16(15)19(11)3/h7-8H,5-6,9-10H2,1-4H3. The Bertz CT molecular complexity index is 715. The van der Waals surface area contributed by atoms with Crippen molar-refractivity contribution >= 4 is 16.9 Å². The molecule has 0 N–H and O–H groups in total. The average Bonchev–Trinajstić information content (AvgIpc) is 2.93. The molecule has 2 heterocycles. The van der Waals surface area contributed by atoms with E-state index in [2.05, 4.69) is 42.6 Å². The summed E-state index contributed by atoms with van der Waals surface area (Å²) in [5.41, 5.74) is 6.61. The van der Waals surface area contributed by atoms with Crippen molar-refractivity contribution in [1.29, 1.82) is 0 Å². The van der Waals surface area contributed by atoms with Crippen molar-refractivity contribution in [3.63, 3.8) is 0 Å². The van der Waals surface area contributed by atoms with Gasteiger partial charge in [-0.1, -0.05) is 0 Å². The number of fused-ring (bicyclic) bond motifs is 2. The third-order valence-corrected chi connectivity index (χ3v) is 4.63. The van der Waals surface area contributed by atoms with Gasteiger partial charge in [-0.05, 0) is 49.2 Å². The van der Waals surface area contributed by atoms with E-state index in [1.54, 1.807) is 0 Å². The fraction of sp³-hybridized carbons (Fsp3) is 0.471. The summed E-state index contributed by atoms with van der Waals surface area (Å²) < 4.78 is 7.00. The molecular formula is C17H22N2O2. The van der Waals surface area contributed by atoms with Gasteiger partial charge in [-0.2, -0.15) is 0 Å². The zero-order valence-electron chi connectivity index (χ0n) is 13.2. The van der Waals surface area contributed by atoms with Gasteiger partial charge in [0.2, 0.25) is 0 Å². The normalized spacial score (nSPS) is 14.7. The summed E-state index contributed by atoms with van der Waals surface area (Å²) in [6.07, 6.45) is 1.18. The molecule has 0 amide bonds. The summed E-state index contributed by atoms with van der Waals surface area (Å²) in [6, 6.07) is 4.62. The quantitative estimate of drug-likeness (QED) is 0.813. The van der Waals surface area contributed by atoms with Crippen LogP contribution in [0.1, 0.15) is 28.8 Å². The highest BCUT2D eigenvalue weighted by atomic mass is 16.5. The number of carbonyl (C=O) groups excluding carboxylic acids is 1. The number of aryl methyl sites for hydroxylation is 2. The highest BCUT2D eigenvalue weighted by molar-refractivity contribution is 5.87. The number of nitrogens with zero attached hydrogens (tertiary/aromatic N) is 2. The maximum Gasteiger partial charge on any atom is 0.305 e. The van der Waals surface area contributed by atoms with Crippen molar-refractivity contribution in [3.05, 3.63) is 34.5 Å². The smallest absolute Gasteiger partial charge is 0.305 e. The lowest BCUT2D eigenvalue weighted by Gasteiger charge is -2.03. The Kier molecular flexibility index (Phi) is 3.49. The number of esters is 1. The van der Waals surface area contributed by atoms with E-state index in [1.807, 2.05) is 0 Å². The van der Waals surface area contributed by atoms with Crippen molar-refractivity contribution in [2.24, 2.45) is 7.05 Å². The van der Waals surface area contributed by atoms with Crippen LogP contribution in [0.25, 0.3) is 10.9 Å². The predicted octanol–water partition coefficient (Wildman–Crippen LogP) is 2.54. The zero-order valence-corrected chi connectivity index (χ0v) is 13.2. The van der Waals surface area contributed by atoms with Crippen LogP contribution in [0.5, 0.6) is 0 Å². The van der Waals surface area contributed by atoms with Gasteiger partial charge in [0.1, 0.15) is 0 Å². The molecule has 2 aromatic rings. The average molecular weight is 286 g/mol. The van der Waals surface area contributed by atoms with Crippen LogP contribution in [-0.2, 0) is 36.1 Å². The van der Waals surface area contributed by atoms with Gasteiger partial charge in [0.25, 0.3) is 0 Å². The van der Waals surface area contributed by atoms with Crippen LogP contribution in [-0.4, -0.2) is 29.6 Å². The van der Waals surface area contributed by atoms with Crippen LogP contribution in [0.15, 0.2) is 12.1 Å². The fourth-order valence-corrected chi connectivity index (χ4v) is 3.35. The number of aromatic nitrogens is 1. The van der Waals surface area contributed by atoms with E-state index in [4.69, 9.17) is 4.74 Å². The molecule has 1 aliphatic heterocycles. The van der Waals surface area contributed by atoms with E-state index in [-0.39, 0.29) is 5.97 Å². The first-order chi connectivity index (χ1) is 10.0. The lowest BCUT2D eigenvalue weighted by Crippen LogP contribution is -2.07. The summed E-state index contributed by atoms with van der Waals surface area (Å²) >= 11 is 0. The first kappa shape index (κ1) is 14.1. The first-order valence-corrected chi connectivity index (χ1v) is 7.36. The number of hydrogen-bond acceptors (Lipinski definition) is 3. The van der Waals surface area contributed by atoms with Crippen LogP contribution < -0.4 is 0 Å². The summed E-state index contributed by atoms with van der Waals surface area (Å²) in [7, 11) is 5.69. The van der Waals surface area contributed by atoms with E-state index in [9.17, 15) is 4.79 Å². The van der Waals surface area contributed by atoms with Crippen molar-refractivity contribution in [2.75, 3.05) is 14.2 Å². The third-order valence-electron chi connectivity index (χ3n) is 4.63. The van der Waals surface area contributed by atoms with Gasteiger partial charge in [-0.3, -0.25) is 9.69 Å². The molecule has 3 rings (SSSR count). The van der Waals surface area contributed by atoms with Crippen LogP contribution >= 0.6 is 0 Å². The Morgan fingerprint density at radius 2 is 1.90 bits per heavy atom. The van der Waals surface area contributed by atoms with Gasteiger partial charge in [0, 0.05) is 43.2 Å². The SMILES string of the molecule is COC(=O)CCc1c(C)n(C)c2cc3c(cc12)CN(C)C3. The Morgan fingerprint density at radius 3 is 2.57 bits per heavy atom. The number of rotatable bonds is 3. The van der Waals surface area contributed by atoms with Gasteiger partial charge < -0.3 is 9.30 Å². The minimum atomic E-state index is -0.146. The van der Waals surface area contributed by atoms with E-state index >= 15 is 0 Å². The second-order valence-corrected chi connectivity index (χ2v) is 6.01. The van der Waals surface area contributed by atoms with Crippen LogP contribution in [0.4, 0.5) is 0 Å². The summed E-state index contributed by atoms with van der Waals surface area (Å²) in [5.74, 6) is -0.146. The Morgan fingerprint density at radius 1 is 1.24 bits per heavy atom. The molecule has 0 atom stereocenters. The number of methoxy groups -OCH3 is 1. The van der Waals surface area contributed by atoms with Gasteiger partial charge in [-0.25, -0.2) is 0 Å². The summed E-state index contributed by atoms with van der Waals surface area (Å²) in [4.78, 5) is 13.8. The lowest BCUT2D eigenvalue weighted by atomic mass is 10.0. The zero-order chi connectivity index (χ0) is 15.1. The third kappa shape index (κ3) is 2.33. The van der Waals surface area contributed by atoms with Crippen molar-refractivity contribution in [2.45, 2.75) is 32.9 Å². The molecule has 0 aliphatic carbocycles. The molecule has 4 heteroatoms. The molecule has 0 bridgehead atoms. The molecule has 0 saturated carbocycles. The number of hydrogen-bond donors (Lipinski definition) is 0. The predicted molar refractivity (Wildman–Crippen MR) is 83.2 cm³/mol. The Labute approximate surface area is 125 Å². The minimum absolute atomic E-state index is 0.146. The van der Waals surface area contributed by atoms with E-state index < -0.39 is 0 Å². The van der Waals surface area contributed by atoms with Crippen molar-refractivity contribution in [3.8, 4) is 0 Å². The maximum atomic E-state index is 11.4. The molecular weight excluding hydrogens is 264 g/mol. The fourth-order valence-electron chi connectivity index (χ4n) is 3.35. The number of benzene rings is 1. The second-order valence-electron chi connectivity index (χ2n) is 6.01. The van der Waals surface area contributed by atoms with E-state index in [0.29, 0.717) is 6.42 Å². The molecule has 1 aromatic carbocycles. The molecule has 0 saturated heterocycles. The highest BCUT2D eigenvalue weighted by Gasteiger charge is 2.20. The largest absolute Gasteiger partial charge is 0.469 e. The highest BCUT2D eigenvalue weighted by Crippen LogP contribution is 2.32. The summed E-state index contributed by atoms with van der Waals surface area (Å²) in [6.45, 7) is 4.16. The molecule has 112 valence electrons. The van der Waals surface area contributed by atoms with Crippen LogP contribution in [0.2, 0.25) is 0 Å². The number of carbonyl (C=O) groups is 1. The summed E-state index contributed by atoms with van der Waals surface area (Å²) in [5, 5.41) is 1.29. The van der Waals surface area contributed by atoms with Gasteiger partial charge in [0.15, 0.2) is 0 Å². The minimum Gasteiger partial charge on any atom is -0.469 e. The molecule has 1 aromatic heterocycles. The molecule has 0 unspecified atom stereocenters. The van der Waals surface area contributed by atoms with Gasteiger partial charge >= 0.3 is 5.97 Å². The monoisotopic (exact) mass is 286 g/mol. The van der Waals surface area contributed by atoms with Gasteiger partial charge in [0.05, 0.1) is 7.11 Å². The molecule has 21 heavy (non-hydrogen) atoms. The topological polar surface area (TPSA) is 34.5 Å². The van der Waals surface area contributed by atoms with Crippen molar-refractivity contribution < 1.29 is 9.53 Å². The lowest BCUT2D eigenvalue weighted by molar-refractivity contribution is -0.140. The first-order valence-electron chi connectivity index (χ1n) is 7.36. The number of ether oxygens (including phenoxy) is 1. The van der Waals surface area contributed by atoms with E-state index in [0.717, 1.165) is 19.5 Å². The molecule has 0 fully saturated rings. The van der Waals surface area contributed by atoms with E-state index in [1.165, 1.54) is 40.4 Å². The molecule has 4 nitrogen and oxygen atoms in total. The second kappa shape index (κ2) is 5.19. The van der Waals surface area contributed by atoms with Gasteiger partial charge in [-0.15, -0.1) is 0 Å². The maximum absolute atomic E-state index is 11.4. The Hall–Kier alpha value is -1.81. The van der Waals surface area contributed by atoms with Crippen LogP contribution in [0.3, 0.4) is 0 Å². The van der Waals surface area contributed by atoms with Crippen LogP contribution in [0, 0.1) is 6.92 Å². The molecule has 1 aliphatic rings. The Balaban J connectivity index is 2.06. The molecule has 0 radical (unpaired) electrons. The molecule has 0 spiro atoms.